The topological polar surface area (TPSA) is 84.7 Å². The monoisotopic (exact) mass is 311 g/mol. The Morgan fingerprint density at radius 2 is 2.19 bits per heavy atom. The van der Waals surface area contributed by atoms with Gasteiger partial charge in [-0.2, -0.15) is 4.98 Å². The maximum atomic E-state index is 12.1. The van der Waals surface area contributed by atoms with Gasteiger partial charge in [0.15, 0.2) is 11.2 Å². The quantitative estimate of drug-likeness (QED) is 0.874. The lowest BCUT2D eigenvalue weighted by Gasteiger charge is -2.07. The number of nitrogens with zero attached hydrogens (tertiary/aromatic N) is 3. The second-order valence-electron chi connectivity index (χ2n) is 4.75. The van der Waals surface area contributed by atoms with Crippen LogP contribution < -0.4 is 16.6 Å². The zero-order valence-corrected chi connectivity index (χ0v) is 13.0. The summed E-state index contributed by atoms with van der Waals surface area (Å²) in [6.07, 6.45) is 2.70. The summed E-state index contributed by atoms with van der Waals surface area (Å²) in [4.78, 5) is 30.4. The molecule has 2 aromatic rings. The Balaban J connectivity index is 2.70. The Labute approximate surface area is 126 Å². The molecule has 0 atom stereocenters. The standard InChI is InChI=1S/C13H18ClN5O2/c1-4-6-15-12-16-10-9(19(12)7-5-8(2)14)11(20)17-13(21)18(10)3/h5H,4,6-7H2,1-3H3,(H,15,16)(H,17,20,21)/b8-5+. The molecule has 2 heterocycles. The summed E-state index contributed by atoms with van der Waals surface area (Å²) in [5.74, 6) is 0.549. The van der Waals surface area contributed by atoms with E-state index < -0.39 is 11.2 Å². The highest BCUT2D eigenvalue weighted by Gasteiger charge is 2.16. The Hall–Kier alpha value is -2.02. The van der Waals surface area contributed by atoms with Crippen molar-refractivity contribution >= 4 is 28.7 Å². The summed E-state index contributed by atoms with van der Waals surface area (Å²) in [5.41, 5.74) is -0.234. The highest BCUT2D eigenvalue weighted by atomic mass is 35.5. The van der Waals surface area contributed by atoms with Crippen LogP contribution in [0.5, 0.6) is 0 Å². The van der Waals surface area contributed by atoms with Crippen LogP contribution >= 0.6 is 11.6 Å². The second kappa shape index (κ2) is 6.17. The third-order valence-electron chi connectivity index (χ3n) is 3.10. The minimum Gasteiger partial charge on any atom is -0.356 e. The third kappa shape index (κ3) is 3.02. The first-order chi connectivity index (χ1) is 9.95. The number of imidazole rings is 1. The van der Waals surface area contributed by atoms with Crippen molar-refractivity contribution in [1.29, 1.82) is 0 Å². The van der Waals surface area contributed by atoms with E-state index in [1.165, 1.54) is 4.57 Å². The molecular formula is C13H18ClN5O2. The molecular weight excluding hydrogens is 294 g/mol. The molecule has 0 unspecified atom stereocenters. The van der Waals surface area contributed by atoms with Gasteiger partial charge >= 0.3 is 5.69 Å². The Kier molecular flexibility index (Phi) is 4.52. The predicted octanol–water partition coefficient (Wildman–Crippen LogP) is 1.39. The van der Waals surface area contributed by atoms with Crippen molar-refractivity contribution in [3.8, 4) is 0 Å². The van der Waals surface area contributed by atoms with Crippen LogP contribution in [0.15, 0.2) is 20.7 Å². The number of hydrogen-bond acceptors (Lipinski definition) is 4. The molecule has 0 radical (unpaired) electrons. The number of halogens is 1. The molecule has 0 spiro atoms. The summed E-state index contributed by atoms with van der Waals surface area (Å²) >= 11 is 5.86. The summed E-state index contributed by atoms with van der Waals surface area (Å²) in [6, 6.07) is 0. The van der Waals surface area contributed by atoms with E-state index in [0.717, 1.165) is 13.0 Å². The average molecular weight is 312 g/mol. The molecule has 0 fully saturated rings. The number of aromatic nitrogens is 4. The maximum Gasteiger partial charge on any atom is 0.329 e. The Bertz CT molecular complexity index is 795. The lowest BCUT2D eigenvalue weighted by Crippen LogP contribution is -2.29. The zero-order chi connectivity index (χ0) is 15.6. The van der Waals surface area contributed by atoms with Gasteiger partial charge in [-0.05, 0) is 13.3 Å². The van der Waals surface area contributed by atoms with Crippen molar-refractivity contribution < 1.29 is 0 Å². The van der Waals surface area contributed by atoms with Gasteiger partial charge in [-0.1, -0.05) is 24.6 Å². The van der Waals surface area contributed by atoms with Crippen molar-refractivity contribution in [2.24, 2.45) is 7.05 Å². The van der Waals surface area contributed by atoms with E-state index in [1.54, 1.807) is 24.6 Å². The van der Waals surface area contributed by atoms with E-state index in [4.69, 9.17) is 11.6 Å². The van der Waals surface area contributed by atoms with Crippen LogP contribution in [-0.4, -0.2) is 25.6 Å². The molecule has 0 aliphatic rings. The van der Waals surface area contributed by atoms with E-state index in [0.29, 0.717) is 28.7 Å². The van der Waals surface area contributed by atoms with Gasteiger partial charge in [0.25, 0.3) is 5.56 Å². The number of nitrogens with one attached hydrogen (secondary N) is 2. The number of anilines is 1. The number of rotatable bonds is 5. The van der Waals surface area contributed by atoms with Gasteiger partial charge in [0.2, 0.25) is 5.95 Å². The van der Waals surface area contributed by atoms with E-state index in [2.05, 4.69) is 15.3 Å². The molecule has 8 heteroatoms. The molecule has 21 heavy (non-hydrogen) atoms. The molecule has 0 bridgehead atoms. The van der Waals surface area contributed by atoms with Crippen LogP contribution in [0, 0.1) is 0 Å². The van der Waals surface area contributed by atoms with Gasteiger partial charge in [0.05, 0.1) is 0 Å². The fraction of sp³-hybridized carbons (Fsp3) is 0.462. The van der Waals surface area contributed by atoms with Crippen LogP contribution in [-0.2, 0) is 13.6 Å². The van der Waals surface area contributed by atoms with Gasteiger partial charge in [-0.15, -0.1) is 0 Å². The number of aromatic amines is 1. The van der Waals surface area contributed by atoms with Crippen LogP contribution in [0.4, 0.5) is 5.95 Å². The zero-order valence-electron chi connectivity index (χ0n) is 12.2. The van der Waals surface area contributed by atoms with Gasteiger partial charge in [-0.25, -0.2) is 4.79 Å². The highest BCUT2D eigenvalue weighted by Crippen LogP contribution is 2.16. The Morgan fingerprint density at radius 1 is 1.48 bits per heavy atom. The molecule has 2 rings (SSSR count). The fourth-order valence-corrected chi connectivity index (χ4v) is 2.07. The van der Waals surface area contributed by atoms with Crippen LogP contribution in [0.3, 0.4) is 0 Å². The second-order valence-corrected chi connectivity index (χ2v) is 5.35. The van der Waals surface area contributed by atoms with Crippen molar-refractivity contribution in [2.45, 2.75) is 26.8 Å². The molecule has 0 saturated heterocycles. The Morgan fingerprint density at radius 3 is 2.81 bits per heavy atom. The fourth-order valence-electron chi connectivity index (χ4n) is 2.00. The van der Waals surface area contributed by atoms with Crippen molar-refractivity contribution in [3.05, 3.63) is 31.9 Å². The summed E-state index contributed by atoms with van der Waals surface area (Å²) in [6.45, 7) is 4.92. The first-order valence-corrected chi connectivity index (χ1v) is 7.09. The van der Waals surface area contributed by atoms with E-state index >= 15 is 0 Å². The lowest BCUT2D eigenvalue weighted by atomic mass is 10.4. The highest BCUT2D eigenvalue weighted by molar-refractivity contribution is 6.29. The van der Waals surface area contributed by atoms with Crippen molar-refractivity contribution in [1.82, 2.24) is 19.1 Å². The molecule has 2 N–H and O–H groups in total. The van der Waals surface area contributed by atoms with E-state index in [1.807, 2.05) is 6.92 Å². The van der Waals surface area contributed by atoms with Gasteiger partial charge in [0.1, 0.15) is 0 Å². The molecule has 114 valence electrons. The normalized spacial score (nSPS) is 12.1. The minimum atomic E-state index is -0.483. The van der Waals surface area contributed by atoms with Crippen LogP contribution in [0.25, 0.3) is 11.2 Å². The third-order valence-corrected chi connectivity index (χ3v) is 3.25. The number of H-pyrrole nitrogens is 1. The number of allylic oxidation sites excluding steroid dienone is 2. The van der Waals surface area contributed by atoms with Crippen LogP contribution in [0.2, 0.25) is 0 Å². The molecule has 0 amide bonds. The van der Waals surface area contributed by atoms with Crippen molar-refractivity contribution in [3.63, 3.8) is 0 Å². The summed E-state index contributed by atoms with van der Waals surface area (Å²) in [7, 11) is 1.57. The lowest BCUT2D eigenvalue weighted by molar-refractivity contribution is 0.815. The van der Waals surface area contributed by atoms with Crippen LogP contribution in [0.1, 0.15) is 20.3 Å². The molecule has 0 aromatic carbocycles. The van der Waals surface area contributed by atoms with Gasteiger partial charge in [-0.3, -0.25) is 14.3 Å². The van der Waals surface area contributed by atoms with Crippen molar-refractivity contribution in [2.75, 3.05) is 11.9 Å². The summed E-state index contributed by atoms with van der Waals surface area (Å²) < 4.78 is 3.04. The summed E-state index contributed by atoms with van der Waals surface area (Å²) in [5, 5.41) is 3.79. The molecule has 2 aromatic heterocycles. The SMILES string of the molecule is CCCNc1nc2c(c(=O)[nH]c(=O)n2C)n1C/C=C(\C)Cl. The molecule has 0 aliphatic heterocycles. The number of hydrogen-bond donors (Lipinski definition) is 2. The first-order valence-electron chi connectivity index (χ1n) is 6.71. The maximum absolute atomic E-state index is 12.1. The van der Waals surface area contributed by atoms with Gasteiger partial charge < -0.3 is 9.88 Å². The largest absolute Gasteiger partial charge is 0.356 e. The molecule has 7 nitrogen and oxygen atoms in total. The van der Waals surface area contributed by atoms with Gasteiger partial charge in [0, 0.05) is 25.2 Å². The molecule has 0 aliphatic carbocycles. The first kappa shape index (κ1) is 15.4. The number of fused-ring (bicyclic) bond motifs is 1. The smallest absolute Gasteiger partial charge is 0.329 e. The predicted molar refractivity (Wildman–Crippen MR) is 84.0 cm³/mol. The minimum absolute atomic E-state index is 0.350. The van der Waals surface area contributed by atoms with E-state index in [-0.39, 0.29) is 0 Å². The molecule has 0 saturated carbocycles. The number of aryl methyl sites for hydroxylation is 1. The average Bonchev–Trinajstić information content (AvgIpc) is 2.79. The van der Waals surface area contributed by atoms with E-state index in [9.17, 15) is 9.59 Å².